The number of hydrogen-bond donors (Lipinski definition) is 1. The van der Waals surface area contributed by atoms with E-state index >= 15 is 0 Å². The first kappa shape index (κ1) is 34.3. The van der Waals surface area contributed by atoms with Crippen LogP contribution in [0.25, 0.3) is 0 Å². The smallest absolute Gasteiger partial charge is 0.248 e. The zero-order valence-electron chi connectivity index (χ0n) is 27.6. The van der Waals surface area contributed by atoms with Crippen molar-refractivity contribution >= 4 is 23.4 Å². The molecule has 3 amide bonds. The van der Waals surface area contributed by atoms with E-state index in [2.05, 4.69) is 25.0 Å². The summed E-state index contributed by atoms with van der Waals surface area (Å²) in [5.41, 5.74) is -1.28. The first-order valence-electron chi connectivity index (χ1n) is 17.0. The Morgan fingerprint density at radius 1 is 1.02 bits per heavy atom. The number of carbonyl (C=O) groups is 3. The van der Waals surface area contributed by atoms with E-state index in [9.17, 15) is 19.5 Å². The van der Waals surface area contributed by atoms with Gasteiger partial charge in [-0.1, -0.05) is 50.1 Å². The van der Waals surface area contributed by atoms with Crippen molar-refractivity contribution in [2.24, 2.45) is 17.8 Å². The van der Waals surface area contributed by atoms with Crippen molar-refractivity contribution in [3.8, 4) is 0 Å². The standard InChI is InChI=1S/C36H52N4O6/c1-5-16-38(20-19-37-21-24-45-25-22-37)34(44)31-36-26-27(3)35(4,46-36)29(30(36)33(43)40(31)18-12-7-8-13-23-41)32(42)39(17-6-2)28-14-10-9-11-15-28/h5-6,9-11,14-15,27,29-31,41H,1-2,7-8,12-13,16-26H2,3-4H3/t27?,29-,30-,31?,35+,36?/m0/s1. The number of likely N-dealkylation sites (tertiary alicyclic amines) is 1. The van der Waals surface area contributed by atoms with Crippen LogP contribution in [0.1, 0.15) is 46.0 Å². The van der Waals surface area contributed by atoms with Gasteiger partial charge in [0, 0.05) is 58.1 Å². The lowest BCUT2D eigenvalue weighted by molar-refractivity contribution is -0.152. The molecule has 10 heteroatoms. The van der Waals surface area contributed by atoms with Gasteiger partial charge in [0.25, 0.3) is 0 Å². The maximum absolute atomic E-state index is 14.8. The van der Waals surface area contributed by atoms with Crippen LogP contribution in [-0.2, 0) is 23.9 Å². The van der Waals surface area contributed by atoms with Gasteiger partial charge < -0.3 is 29.3 Å². The second-order valence-corrected chi connectivity index (χ2v) is 13.5. The lowest BCUT2D eigenvalue weighted by atomic mass is 9.62. The summed E-state index contributed by atoms with van der Waals surface area (Å²) >= 11 is 0. The number of fused-ring (bicyclic) bond motifs is 1. The minimum absolute atomic E-state index is 0.0483. The molecule has 2 bridgehead atoms. The fourth-order valence-corrected chi connectivity index (χ4v) is 8.32. The molecule has 1 aromatic carbocycles. The first-order valence-corrected chi connectivity index (χ1v) is 17.0. The van der Waals surface area contributed by atoms with Gasteiger partial charge in [0.2, 0.25) is 17.7 Å². The minimum Gasteiger partial charge on any atom is -0.396 e. The van der Waals surface area contributed by atoms with E-state index in [0.717, 1.165) is 31.6 Å². The quantitative estimate of drug-likeness (QED) is 0.220. The molecule has 6 atom stereocenters. The van der Waals surface area contributed by atoms with Gasteiger partial charge in [0.1, 0.15) is 11.6 Å². The molecular weight excluding hydrogens is 584 g/mol. The second-order valence-electron chi connectivity index (χ2n) is 13.5. The highest BCUT2D eigenvalue weighted by Crippen LogP contribution is 2.65. The van der Waals surface area contributed by atoms with Gasteiger partial charge in [-0.25, -0.2) is 0 Å². The van der Waals surface area contributed by atoms with Crippen molar-refractivity contribution in [2.75, 3.05) is 70.5 Å². The molecule has 252 valence electrons. The van der Waals surface area contributed by atoms with Crippen LogP contribution < -0.4 is 4.90 Å². The summed E-state index contributed by atoms with van der Waals surface area (Å²) in [6, 6.07) is 8.63. The predicted molar refractivity (Wildman–Crippen MR) is 177 cm³/mol. The number of aliphatic hydroxyl groups excluding tert-OH is 1. The number of morpholine rings is 1. The number of para-hydroxylation sites is 1. The normalized spacial score (nSPS) is 30.3. The number of unbranched alkanes of at least 4 members (excludes halogenated alkanes) is 3. The molecule has 46 heavy (non-hydrogen) atoms. The molecule has 0 radical (unpaired) electrons. The maximum Gasteiger partial charge on any atom is 0.248 e. The Kier molecular flexibility index (Phi) is 11.0. The number of ether oxygens (including phenoxy) is 2. The molecule has 1 aromatic rings. The number of hydrogen-bond acceptors (Lipinski definition) is 7. The van der Waals surface area contributed by atoms with Crippen molar-refractivity contribution in [3.05, 3.63) is 55.6 Å². The van der Waals surface area contributed by atoms with Crippen LogP contribution in [0, 0.1) is 17.8 Å². The van der Waals surface area contributed by atoms with Crippen LogP contribution in [0.3, 0.4) is 0 Å². The maximum atomic E-state index is 14.8. The van der Waals surface area contributed by atoms with Crippen LogP contribution >= 0.6 is 0 Å². The Bertz CT molecular complexity index is 1250. The monoisotopic (exact) mass is 636 g/mol. The molecule has 0 saturated carbocycles. The summed E-state index contributed by atoms with van der Waals surface area (Å²) in [5, 5.41) is 9.27. The number of nitrogens with zero attached hydrogens (tertiary/aromatic N) is 4. The molecule has 4 heterocycles. The number of amides is 3. The molecule has 4 aliphatic rings. The molecule has 4 saturated heterocycles. The zero-order valence-corrected chi connectivity index (χ0v) is 27.6. The van der Waals surface area contributed by atoms with E-state index in [1.165, 1.54) is 0 Å². The van der Waals surface area contributed by atoms with E-state index in [1.807, 2.05) is 42.2 Å². The van der Waals surface area contributed by atoms with Gasteiger partial charge in [0.15, 0.2) is 0 Å². The first-order chi connectivity index (χ1) is 22.2. The van der Waals surface area contributed by atoms with Gasteiger partial charge in [-0.3, -0.25) is 19.3 Å². The summed E-state index contributed by atoms with van der Waals surface area (Å²) < 4.78 is 12.5. The molecule has 0 aromatic heterocycles. The highest BCUT2D eigenvalue weighted by Gasteiger charge is 2.80. The Balaban J connectivity index is 1.50. The fraction of sp³-hybridized carbons (Fsp3) is 0.639. The van der Waals surface area contributed by atoms with Crippen LogP contribution in [0.15, 0.2) is 55.6 Å². The second kappa shape index (κ2) is 14.8. The van der Waals surface area contributed by atoms with Crippen molar-refractivity contribution in [3.63, 3.8) is 0 Å². The average molecular weight is 637 g/mol. The summed E-state index contributed by atoms with van der Waals surface area (Å²) in [7, 11) is 0. The molecule has 4 aliphatic heterocycles. The Hall–Kier alpha value is -3.05. The van der Waals surface area contributed by atoms with Crippen LogP contribution in [0.5, 0.6) is 0 Å². The average Bonchev–Trinajstić information content (AvgIpc) is 3.58. The Labute approximate surface area is 274 Å². The van der Waals surface area contributed by atoms with Crippen molar-refractivity contribution < 1.29 is 29.0 Å². The van der Waals surface area contributed by atoms with Gasteiger partial charge in [-0.2, -0.15) is 0 Å². The third-order valence-corrected chi connectivity index (χ3v) is 10.7. The molecule has 0 aliphatic carbocycles. The van der Waals surface area contributed by atoms with Gasteiger partial charge in [-0.05, 0) is 44.2 Å². The number of anilines is 1. The van der Waals surface area contributed by atoms with Crippen molar-refractivity contribution in [1.82, 2.24) is 14.7 Å². The fourth-order valence-electron chi connectivity index (χ4n) is 8.32. The van der Waals surface area contributed by atoms with Crippen molar-refractivity contribution in [2.45, 2.75) is 63.2 Å². The van der Waals surface area contributed by atoms with E-state index in [-0.39, 0.29) is 30.2 Å². The van der Waals surface area contributed by atoms with E-state index < -0.39 is 29.1 Å². The molecule has 5 rings (SSSR count). The third-order valence-electron chi connectivity index (χ3n) is 10.7. The highest BCUT2D eigenvalue weighted by atomic mass is 16.5. The number of aliphatic hydroxyl groups is 1. The molecule has 10 nitrogen and oxygen atoms in total. The summed E-state index contributed by atoms with van der Waals surface area (Å²) in [5.74, 6) is -2.06. The summed E-state index contributed by atoms with van der Waals surface area (Å²) in [6.45, 7) is 17.2. The molecular formula is C36H52N4O6. The zero-order chi connectivity index (χ0) is 32.9. The third kappa shape index (κ3) is 6.29. The number of rotatable bonds is 16. The number of benzene rings is 1. The highest BCUT2D eigenvalue weighted by molar-refractivity contribution is 6.03. The van der Waals surface area contributed by atoms with Crippen LogP contribution in [-0.4, -0.2) is 120 Å². The van der Waals surface area contributed by atoms with E-state index in [0.29, 0.717) is 65.2 Å². The lowest BCUT2D eigenvalue weighted by Gasteiger charge is -2.39. The Morgan fingerprint density at radius 3 is 2.39 bits per heavy atom. The SMILES string of the molecule is C=CCN(CCN1CCOCC1)C(=O)C1N(CCCCCCO)C(=O)[C@@H]2[C@@H](C(=O)N(CC=C)c3ccccc3)[C@]3(C)OC12CC3C. The van der Waals surface area contributed by atoms with Crippen LogP contribution in [0.2, 0.25) is 0 Å². The lowest BCUT2D eigenvalue weighted by Crippen LogP contribution is -2.57. The predicted octanol–water partition coefficient (Wildman–Crippen LogP) is 3.12. The topological polar surface area (TPSA) is 103 Å². The summed E-state index contributed by atoms with van der Waals surface area (Å²) in [6.07, 6.45) is 7.03. The number of carbonyl (C=O) groups excluding carboxylic acids is 3. The minimum atomic E-state index is -1.11. The molecule has 1 N–H and O–H groups in total. The summed E-state index contributed by atoms with van der Waals surface area (Å²) in [4.78, 5) is 51.7. The molecule has 4 fully saturated rings. The molecule has 3 unspecified atom stereocenters. The van der Waals surface area contributed by atoms with Crippen LogP contribution in [0.4, 0.5) is 5.69 Å². The van der Waals surface area contributed by atoms with Gasteiger partial charge in [-0.15, -0.1) is 13.2 Å². The largest absolute Gasteiger partial charge is 0.396 e. The Morgan fingerprint density at radius 2 is 1.72 bits per heavy atom. The van der Waals surface area contributed by atoms with E-state index in [1.54, 1.807) is 22.0 Å². The van der Waals surface area contributed by atoms with Crippen molar-refractivity contribution in [1.29, 1.82) is 0 Å². The van der Waals surface area contributed by atoms with E-state index in [4.69, 9.17) is 9.47 Å². The molecule has 1 spiro atoms. The van der Waals surface area contributed by atoms with Gasteiger partial charge >= 0.3 is 0 Å². The van der Waals surface area contributed by atoms with Gasteiger partial charge in [0.05, 0.1) is 30.7 Å².